The lowest BCUT2D eigenvalue weighted by Gasteiger charge is -2.19. The van der Waals surface area contributed by atoms with Crippen LogP contribution in [0.3, 0.4) is 0 Å². The number of aromatic amines is 1. The molecule has 2 aromatic rings. The SMILES string of the molecule is CCc1nc(N(C)c2cccc(CN)c2)cc(=O)[nH]1. The Bertz CT molecular complexity index is 621. The zero-order valence-corrected chi connectivity index (χ0v) is 11.2. The Morgan fingerprint density at radius 2 is 2.16 bits per heavy atom. The van der Waals surface area contributed by atoms with E-state index >= 15 is 0 Å². The first-order valence-corrected chi connectivity index (χ1v) is 6.27. The largest absolute Gasteiger partial charge is 0.329 e. The minimum absolute atomic E-state index is 0.135. The first-order chi connectivity index (χ1) is 9.13. The molecule has 5 nitrogen and oxygen atoms in total. The summed E-state index contributed by atoms with van der Waals surface area (Å²) < 4.78 is 0. The zero-order valence-electron chi connectivity index (χ0n) is 11.2. The molecular formula is C14H18N4O. The van der Waals surface area contributed by atoms with Gasteiger partial charge in [-0.2, -0.15) is 0 Å². The molecule has 0 radical (unpaired) electrons. The lowest BCUT2D eigenvalue weighted by molar-refractivity contribution is 0.907. The smallest absolute Gasteiger partial charge is 0.252 e. The van der Waals surface area contributed by atoms with Gasteiger partial charge in [0.05, 0.1) is 0 Å². The molecule has 0 aliphatic rings. The van der Waals surface area contributed by atoms with Gasteiger partial charge in [0, 0.05) is 31.8 Å². The van der Waals surface area contributed by atoms with E-state index in [4.69, 9.17) is 5.73 Å². The molecule has 100 valence electrons. The third-order valence-corrected chi connectivity index (χ3v) is 2.99. The van der Waals surface area contributed by atoms with Crippen molar-refractivity contribution in [2.24, 2.45) is 5.73 Å². The summed E-state index contributed by atoms with van der Waals surface area (Å²) in [5.41, 5.74) is 7.51. The number of hydrogen-bond donors (Lipinski definition) is 2. The van der Waals surface area contributed by atoms with Crippen molar-refractivity contribution >= 4 is 11.5 Å². The molecule has 0 atom stereocenters. The molecule has 0 aliphatic heterocycles. The average molecular weight is 258 g/mol. The monoisotopic (exact) mass is 258 g/mol. The summed E-state index contributed by atoms with van der Waals surface area (Å²) in [4.78, 5) is 20.6. The van der Waals surface area contributed by atoms with Crippen LogP contribution in [0.5, 0.6) is 0 Å². The Morgan fingerprint density at radius 1 is 1.37 bits per heavy atom. The lowest BCUT2D eigenvalue weighted by atomic mass is 10.2. The summed E-state index contributed by atoms with van der Waals surface area (Å²) >= 11 is 0. The van der Waals surface area contributed by atoms with Crippen LogP contribution in [-0.2, 0) is 13.0 Å². The maximum absolute atomic E-state index is 11.6. The first-order valence-electron chi connectivity index (χ1n) is 6.27. The van der Waals surface area contributed by atoms with E-state index < -0.39 is 0 Å². The number of H-pyrrole nitrogens is 1. The summed E-state index contributed by atoms with van der Waals surface area (Å²) in [6.45, 7) is 2.45. The van der Waals surface area contributed by atoms with Gasteiger partial charge in [-0.1, -0.05) is 19.1 Å². The third-order valence-electron chi connectivity index (χ3n) is 2.99. The van der Waals surface area contributed by atoms with Crippen LogP contribution in [0.4, 0.5) is 11.5 Å². The van der Waals surface area contributed by atoms with Crippen LogP contribution in [0.1, 0.15) is 18.3 Å². The topological polar surface area (TPSA) is 75.0 Å². The van der Waals surface area contributed by atoms with Crippen LogP contribution in [0.15, 0.2) is 35.1 Å². The number of nitrogens with zero attached hydrogens (tertiary/aromatic N) is 2. The van der Waals surface area contributed by atoms with E-state index in [9.17, 15) is 4.79 Å². The molecule has 0 saturated carbocycles. The molecule has 1 aromatic heterocycles. The fourth-order valence-corrected chi connectivity index (χ4v) is 1.86. The maximum Gasteiger partial charge on any atom is 0.252 e. The molecule has 0 bridgehead atoms. The number of nitrogens with two attached hydrogens (primary N) is 1. The van der Waals surface area contributed by atoms with E-state index in [-0.39, 0.29) is 5.56 Å². The van der Waals surface area contributed by atoms with E-state index in [0.29, 0.717) is 24.6 Å². The van der Waals surface area contributed by atoms with Crippen LogP contribution in [0.2, 0.25) is 0 Å². The summed E-state index contributed by atoms with van der Waals surface area (Å²) in [6.07, 6.45) is 0.694. The van der Waals surface area contributed by atoms with Gasteiger partial charge in [0.15, 0.2) is 0 Å². The second kappa shape index (κ2) is 5.67. The molecular weight excluding hydrogens is 240 g/mol. The number of benzene rings is 1. The second-order valence-electron chi connectivity index (χ2n) is 4.34. The molecule has 2 rings (SSSR count). The minimum atomic E-state index is -0.135. The minimum Gasteiger partial charge on any atom is -0.329 e. The molecule has 1 heterocycles. The lowest BCUT2D eigenvalue weighted by Crippen LogP contribution is -2.18. The summed E-state index contributed by atoms with van der Waals surface area (Å²) in [5, 5.41) is 0. The quantitative estimate of drug-likeness (QED) is 0.872. The first kappa shape index (κ1) is 13.3. The van der Waals surface area contributed by atoms with Gasteiger partial charge in [-0.3, -0.25) is 4.79 Å². The normalized spacial score (nSPS) is 10.5. The van der Waals surface area contributed by atoms with E-state index in [1.165, 1.54) is 6.07 Å². The van der Waals surface area contributed by atoms with Crippen molar-refractivity contribution in [1.82, 2.24) is 9.97 Å². The molecule has 0 aliphatic carbocycles. The van der Waals surface area contributed by atoms with Gasteiger partial charge in [-0.25, -0.2) is 4.98 Å². The van der Waals surface area contributed by atoms with Crippen molar-refractivity contribution in [2.75, 3.05) is 11.9 Å². The average Bonchev–Trinajstić information content (AvgIpc) is 2.45. The van der Waals surface area contributed by atoms with Gasteiger partial charge in [-0.15, -0.1) is 0 Å². The second-order valence-corrected chi connectivity index (χ2v) is 4.34. The third kappa shape index (κ3) is 3.00. The van der Waals surface area contributed by atoms with Crippen molar-refractivity contribution in [1.29, 1.82) is 0 Å². The van der Waals surface area contributed by atoms with E-state index in [1.54, 1.807) is 0 Å². The molecule has 0 unspecified atom stereocenters. The van der Waals surface area contributed by atoms with Crippen LogP contribution in [-0.4, -0.2) is 17.0 Å². The van der Waals surface area contributed by atoms with Crippen LogP contribution >= 0.6 is 0 Å². The Hall–Kier alpha value is -2.14. The molecule has 0 spiro atoms. The number of nitrogens with one attached hydrogen (secondary N) is 1. The fraction of sp³-hybridized carbons (Fsp3) is 0.286. The number of aryl methyl sites for hydroxylation is 1. The predicted octanol–water partition coefficient (Wildman–Crippen LogP) is 1.56. The highest BCUT2D eigenvalue weighted by Gasteiger charge is 2.08. The van der Waals surface area contributed by atoms with Crippen LogP contribution in [0, 0.1) is 0 Å². The Balaban J connectivity index is 2.40. The zero-order chi connectivity index (χ0) is 13.8. The van der Waals surface area contributed by atoms with Gasteiger partial charge >= 0.3 is 0 Å². The Kier molecular flexibility index (Phi) is 3.97. The van der Waals surface area contributed by atoms with Crippen molar-refractivity contribution in [3.8, 4) is 0 Å². The van der Waals surface area contributed by atoms with E-state index in [2.05, 4.69) is 9.97 Å². The number of rotatable bonds is 4. The number of hydrogen-bond acceptors (Lipinski definition) is 4. The standard InChI is InChI=1S/C14H18N4O/c1-3-12-16-13(8-14(19)17-12)18(2)11-6-4-5-10(7-11)9-15/h4-8H,3,9,15H2,1-2H3,(H,16,17,19). The van der Waals surface area contributed by atoms with Crippen molar-refractivity contribution < 1.29 is 0 Å². The highest BCUT2D eigenvalue weighted by atomic mass is 16.1. The molecule has 19 heavy (non-hydrogen) atoms. The van der Waals surface area contributed by atoms with Gasteiger partial charge < -0.3 is 15.6 Å². The highest BCUT2D eigenvalue weighted by Crippen LogP contribution is 2.21. The van der Waals surface area contributed by atoms with E-state index in [0.717, 1.165) is 11.3 Å². The van der Waals surface area contributed by atoms with Crippen molar-refractivity contribution in [2.45, 2.75) is 19.9 Å². The van der Waals surface area contributed by atoms with Crippen LogP contribution in [0.25, 0.3) is 0 Å². The van der Waals surface area contributed by atoms with Crippen molar-refractivity contribution in [3.63, 3.8) is 0 Å². The summed E-state index contributed by atoms with van der Waals surface area (Å²) in [7, 11) is 1.89. The molecule has 0 fully saturated rings. The van der Waals surface area contributed by atoms with Gasteiger partial charge in [0.1, 0.15) is 11.6 Å². The molecule has 0 amide bonds. The predicted molar refractivity (Wildman–Crippen MR) is 76.6 cm³/mol. The molecule has 0 saturated heterocycles. The number of aromatic nitrogens is 2. The Morgan fingerprint density at radius 3 is 2.84 bits per heavy atom. The summed E-state index contributed by atoms with van der Waals surface area (Å²) in [6, 6.07) is 9.37. The maximum atomic E-state index is 11.6. The number of anilines is 2. The summed E-state index contributed by atoms with van der Waals surface area (Å²) in [5.74, 6) is 1.32. The highest BCUT2D eigenvalue weighted by molar-refractivity contribution is 5.59. The van der Waals surface area contributed by atoms with Crippen molar-refractivity contribution in [3.05, 3.63) is 52.1 Å². The molecule has 1 aromatic carbocycles. The Labute approximate surface area is 112 Å². The van der Waals surface area contributed by atoms with Crippen LogP contribution < -0.4 is 16.2 Å². The van der Waals surface area contributed by atoms with Gasteiger partial charge in [0.2, 0.25) is 0 Å². The molecule has 3 N–H and O–H groups in total. The van der Waals surface area contributed by atoms with E-state index in [1.807, 2.05) is 43.1 Å². The van der Waals surface area contributed by atoms with Gasteiger partial charge in [-0.05, 0) is 17.7 Å². The van der Waals surface area contributed by atoms with Gasteiger partial charge in [0.25, 0.3) is 5.56 Å². The fourth-order valence-electron chi connectivity index (χ4n) is 1.86. The molecule has 5 heteroatoms.